The summed E-state index contributed by atoms with van der Waals surface area (Å²) in [6.45, 7) is 1.34. The molecule has 0 bridgehead atoms. The van der Waals surface area contributed by atoms with Crippen LogP contribution in [0, 0.1) is 0 Å². The Kier molecular flexibility index (Phi) is 4.28. The monoisotopic (exact) mass is 245 g/mol. The molecule has 0 aliphatic carbocycles. The molecule has 0 unspecified atom stereocenters. The second-order valence-electron chi connectivity index (χ2n) is 3.38. The van der Waals surface area contributed by atoms with Crippen LogP contribution in [0.4, 0.5) is 0 Å². The summed E-state index contributed by atoms with van der Waals surface area (Å²) in [5.74, 6) is 0.592. The number of ether oxygens (including phenoxy) is 1. The van der Waals surface area contributed by atoms with E-state index in [2.05, 4.69) is 4.72 Å². The molecule has 16 heavy (non-hydrogen) atoms. The molecule has 0 fully saturated rings. The maximum atomic E-state index is 11.7. The Labute approximate surface area is 95.1 Å². The summed E-state index contributed by atoms with van der Waals surface area (Å²) in [5, 5.41) is 8.78. The standard InChI is InChI=1S/C10H15NO4S/c1-8(7-12)11-16(13,14)10-5-3-9(15-2)4-6-10/h3-6,8,11-12H,7H2,1-2H3/t8-/m1/s1. The zero-order valence-corrected chi connectivity index (χ0v) is 9.99. The zero-order chi connectivity index (χ0) is 12.2. The summed E-state index contributed by atoms with van der Waals surface area (Å²) >= 11 is 0. The van der Waals surface area contributed by atoms with Crippen LogP contribution in [0.1, 0.15) is 6.92 Å². The number of nitrogens with one attached hydrogen (secondary N) is 1. The molecule has 90 valence electrons. The lowest BCUT2D eigenvalue weighted by Gasteiger charge is -2.11. The molecule has 0 amide bonds. The molecular weight excluding hydrogens is 230 g/mol. The molecule has 1 aromatic rings. The van der Waals surface area contributed by atoms with Crippen LogP contribution in [0.3, 0.4) is 0 Å². The third-order valence-electron chi connectivity index (χ3n) is 2.00. The van der Waals surface area contributed by atoms with Crippen molar-refractivity contribution in [3.8, 4) is 5.75 Å². The number of rotatable bonds is 5. The number of hydrogen-bond donors (Lipinski definition) is 2. The first kappa shape index (κ1) is 13.0. The highest BCUT2D eigenvalue weighted by Gasteiger charge is 2.16. The fourth-order valence-corrected chi connectivity index (χ4v) is 2.36. The Morgan fingerprint density at radius 3 is 2.38 bits per heavy atom. The van der Waals surface area contributed by atoms with E-state index in [4.69, 9.17) is 9.84 Å². The molecule has 0 aliphatic rings. The zero-order valence-electron chi connectivity index (χ0n) is 9.17. The predicted octanol–water partition coefficient (Wildman–Crippen LogP) is 0.354. The van der Waals surface area contributed by atoms with Crippen LogP contribution >= 0.6 is 0 Å². The first-order valence-electron chi connectivity index (χ1n) is 4.77. The summed E-state index contributed by atoms with van der Waals surface area (Å²) in [6.07, 6.45) is 0. The van der Waals surface area contributed by atoms with Gasteiger partial charge in [0.25, 0.3) is 0 Å². The van der Waals surface area contributed by atoms with Gasteiger partial charge in [-0.1, -0.05) is 0 Å². The topological polar surface area (TPSA) is 75.6 Å². The van der Waals surface area contributed by atoms with Crippen molar-refractivity contribution in [1.29, 1.82) is 0 Å². The number of aliphatic hydroxyl groups excluding tert-OH is 1. The fourth-order valence-electron chi connectivity index (χ4n) is 1.13. The van der Waals surface area contributed by atoms with Crippen LogP contribution in [0.2, 0.25) is 0 Å². The van der Waals surface area contributed by atoms with Gasteiger partial charge in [0, 0.05) is 6.04 Å². The highest BCUT2D eigenvalue weighted by molar-refractivity contribution is 7.89. The van der Waals surface area contributed by atoms with E-state index >= 15 is 0 Å². The lowest BCUT2D eigenvalue weighted by Crippen LogP contribution is -2.34. The van der Waals surface area contributed by atoms with Crippen molar-refractivity contribution in [1.82, 2.24) is 4.72 Å². The molecule has 0 heterocycles. The quantitative estimate of drug-likeness (QED) is 0.785. The summed E-state index contributed by atoms with van der Waals surface area (Å²) in [6, 6.07) is 5.53. The summed E-state index contributed by atoms with van der Waals surface area (Å²) < 4.78 is 30.7. The third-order valence-corrected chi connectivity index (χ3v) is 3.61. The highest BCUT2D eigenvalue weighted by atomic mass is 32.2. The molecule has 0 saturated carbocycles. The molecule has 0 aliphatic heterocycles. The predicted molar refractivity (Wildman–Crippen MR) is 59.9 cm³/mol. The van der Waals surface area contributed by atoms with E-state index in [1.54, 1.807) is 19.1 Å². The van der Waals surface area contributed by atoms with E-state index in [9.17, 15) is 8.42 Å². The molecule has 0 saturated heterocycles. The molecule has 0 spiro atoms. The van der Waals surface area contributed by atoms with Gasteiger partial charge in [0.2, 0.25) is 10.0 Å². The molecule has 0 radical (unpaired) electrons. The Morgan fingerprint density at radius 1 is 1.38 bits per heavy atom. The number of hydrogen-bond acceptors (Lipinski definition) is 4. The maximum Gasteiger partial charge on any atom is 0.240 e. The first-order valence-corrected chi connectivity index (χ1v) is 6.25. The van der Waals surface area contributed by atoms with E-state index in [0.29, 0.717) is 5.75 Å². The second-order valence-corrected chi connectivity index (χ2v) is 5.09. The Balaban J connectivity index is 2.90. The third kappa shape index (κ3) is 3.19. The van der Waals surface area contributed by atoms with Gasteiger partial charge >= 0.3 is 0 Å². The van der Waals surface area contributed by atoms with Crippen LogP contribution in [0.15, 0.2) is 29.2 Å². The van der Waals surface area contributed by atoms with Gasteiger partial charge in [-0.2, -0.15) is 0 Å². The van der Waals surface area contributed by atoms with E-state index < -0.39 is 16.1 Å². The Hall–Kier alpha value is -1.11. The molecule has 2 N–H and O–H groups in total. The number of sulfonamides is 1. The van der Waals surface area contributed by atoms with Crippen LogP contribution in [-0.2, 0) is 10.0 Å². The van der Waals surface area contributed by atoms with Crippen LogP contribution in [0.25, 0.3) is 0 Å². The summed E-state index contributed by atoms with van der Waals surface area (Å²) in [4.78, 5) is 0.147. The maximum absolute atomic E-state index is 11.7. The average Bonchev–Trinajstić information content (AvgIpc) is 2.28. The molecular formula is C10H15NO4S. The second kappa shape index (κ2) is 5.29. The van der Waals surface area contributed by atoms with Crippen molar-refractivity contribution in [2.24, 2.45) is 0 Å². The van der Waals surface area contributed by atoms with Crippen LogP contribution < -0.4 is 9.46 Å². The molecule has 5 nitrogen and oxygen atoms in total. The largest absolute Gasteiger partial charge is 0.497 e. The first-order chi connectivity index (χ1) is 7.49. The van der Waals surface area contributed by atoms with Gasteiger partial charge in [0.05, 0.1) is 18.6 Å². The van der Waals surface area contributed by atoms with E-state index in [-0.39, 0.29) is 11.5 Å². The lowest BCUT2D eigenvalue weighted by molar-refractivity contribution is 0.265. The summed E-state index contributed by atoms with van der Waals surface area (Å²) in [5.41, 5.74) is 0. The van der Waals surface area contributed by atoms with E-state index in [1.165, 1.54) is 19.2 Å². The number of benzene rings is 1. The minimum Gasteiger partial charge on any atom is -0.497 e. The van der Waals surface area contributed by atoms with Crippen molar-refractivity contribution < 1.29 is 18.3 Å². The van der Waals surface area contributed by atoms with Gasteiger partial charge in [-0.25, -0.2) is 13.1 Å². The molecule has 0 aromatic heterocycles. The molecule has 1 aromatic carbocycles. The normalized spacial score (nSPS) is 13.4. The van der Waals surface area contributed by atoms with Crippen molar-refractivity contribution in [2.75, 3.05) is 13.7 Å². The summed E-state index contributed by atoms with van der Waals surface area (Å²) in [7, 11) is -2.05. The van der Waals surface area contributed by atoms with Crippen LogP contribution in [0.5, 0.6) is 5.75 Å². The van der Waals surface area contributed by atoms with Gasteiger partial charge in [-0.3, -0.25) is 0 Å². The van der Waals surface area contributed by atoms with E-state index in [1.807, 2.05) is 0 Å². The van der Waals surface area contributed by atoms with E-state index in [0.717, 1.165) is 0 Å². The van der Waals surface area contributed by atoms with Gasteiger partial charge in [-0.05, 0) is 31.2 Å². The number of methoxy groups -OCH3 is 1. The minimum atomic E-state index is -3.56. The van der Waals surface area contributed by atoms with Gasteiger partial charge in [-0.15, -0.1) is 0 Å². The number of aliphatic hydroxyl groups is 1. The van der Waals surface area contributed by atoms with Crippen molar-refractivity contribution in [3.05, 3.63) is 24.3 Å². The fraction of sp³-hybridized carbons (Fsp3) is 0.400. The SMILES string of the molecule is COc1ccc(S(=O)(=O)N[C@H](C)CO)cc1. The van der Waals surface area contributed by atoms with Gasteiger partial charge < -0.3 is 9.84 Å². The Bertz CT molecular complexity index is 427. The van der Waals surface area contributed by atoms with Gasteiger partial charge in [0.1, 0.15) is 5.75 Å². The smallest absolute Gasteiger partial charge is 0.240 e. The molecule has 6 heteroatoms. The van der Waals surface area contributed by atoms with Gasteiger partial charge in [0.15, 0.2) is 0 Å². The molecule has 1 atom stereocenters. The van der Waals surface area contributed by atoms with Crippen molar-refractivity contribution in [3.63, 3.8) is 0 Å². The molecule has 1 rings (SSSR count). The van der Waals surface area contributed by atoms with Crippen molar-refractivity contribution in [2.45, 2.75) is 17.9 Å². The van der Waals surface area contributed by atoms with Crippen molar-refractivity contribution >= 4 is 10.0 Å². The lowest BCUT2D eigenvalue weighted by atomic mass is 10.3. The Morgan fingerprint density at radius 2 is 1.94 bits per heavy atom. The highest BCUT2D eigenvalue weighted by Crippen LogP contribution is 2.15. The van der Waals surface area contributed by atoms with Crippen LogP contribution in [-0.4, -0.2) is 33.3 Å². The average molecular weight is 245 g/mol. The minimum absolute atomic E-state index is 0.147.